The van der Waals surface area contributed by atoms with Crippen molar-refractivity contribution < 1.29 is 4.92 Å². The summed E-state index contributed by atoms with van der Waals surface area (Å²) in [4.78, 5) is 10.6. The SMILES string of the molecule is CN(Cc1ccccc1[N+](=O)[O-])Nc1ccccc1.Cl. The molecule has 0 fully saturated rings. The average Bonchev–Trinajstić information content (AvgIpc) is 2.40. The van der Waals surface area contributed by atoms with Crippen molar-refractivity contribution in [3.8, 4) is 0 Å². The summed E-state index contributed by atoms with van der Waals surface area (Å²) in [7, 11) is 1.85. The van der Waals surface area contributed by atoms with Gasteiger partial charge < -0.3 is 5.43 Å². The number of rotatable bonds is 5. The Bertz CT molecular complexity index is 563. The van der Waals surface area contributed by atoms with E-state index >= 15 is 0 Å². The number of nitro groups is 1. The molecule has 2 aromatic rings. The van der Waals surface area contributed by atoms with Crippen LogP contribution in [0.4, 0.5) is 11.4 Å². The van der Waals surface area contributed by atoms with E-state index in [2.05, 4.69) is 5.43 Å². The number of nitro benzene ring substituents is 1. The summed E-state index contributed by atoms with van der Waals surface area (Å²) in [5, 5.41) is 12.7. The van der Waals surface area contributed by atoms with Crippen LogP contribution in [0.2, 0.25) is 0 Å². The molecule has 0 spiro atoms. The van der Waals surface area contributed by atoms with Crippen molar-refractivity contribution in [1.29, 1.82) is 0 Å². The van der Waals surface area contributed by atoms with E-state index in [9.17, 15) is 10.1 Å². The molecular formula is C14H16ClN3O2. The maximum atomic E-state index is 10.9. The summed E-state index contributed by atoms with van der Waals surface area (Å²) < 4.78 is 0. The fourth-order valence-corrected chi connectivity index (χ4v) is 1.85. The molecule has 0 saturated heterocycles. The first-order valence-electron chi connectivity index (χ1n) is 5.92. The van der Waals surface area contributed by atoms with Crippen molar-refractivity contribution in [2.24, 2.45) is 0 Å². The quantitative estimate of drug-likeness (QED) is 0.677. The van der Waals surface area contributed by atoms with E-state index in [1.165, 1.54) is 6.07 Å². The lowest BCUT2D eigenvalue weighted by Gasteiger charge is -2.19. The summed E-state index contributed by atoms with van der Waals surface area (Å²) in [6.07, 6.45) is 0. The third-order valence-corrected chi connectivity index (χ3v) is 2.69. The predicted octanol–water partition coefficient (Wildman–Crippen LogP) is 3.48. The van der Waals surface area contributed by atoms with E-state index in [0.29, 0.717) is 12.1 Å². The van der Waals surface area contributed by atoms with Gasteiger partial charge in [0.15, 0.2) is 0 Å². The van der Waals surface area contributed by atoms with E-state index in [0.717, 1.165) is 5.69 Å². The Hall–Kier alpha value is -2.11. The van der Waals surface area contributed by atoms with Gasteiger partial charge in [-0.15, -0.1) is 12.4 Å². The second kappa shape index (κ2) is 7.47. The van der Waals surface area contributed by atoms with Crippen LogP contribution < -0.4 is 5.43 Å². The van der Waals surface area contributed by atoms with Gasteiger partial charge >= 0.3 is 0 Å². The topological polar surface area (TPSA) is 58.4 Å². The van der Waals surface area contributed by atoms with E-state index in [-0.39, 0.29) is 23.0 Å². The van der Waals surface area contributed by atoms with E-state index in [1.54, 1.807) is 18.2 Å². The smallest absolute Gasteiger partial charge is 0.273 e. The second-order valence-electron chi connectivity index (χ2n) is 4.22. The Morgan fingerprint density at radius 3 is 2.35 bits per heavy atom. The molecule has 2 aromatic carbocycles. The van der Waals surface area contributed by atoms with Gasteiger partial charge in [0.1, 0.15) is 0 Å². The number of nitrogens with zero attached hydrogens (tertiary/aromatic N) is 2. The van der Waals surface area contributed by atoms with Crippen molar-refractivity contribution in [2.45, 2.75) is 6.54 Å². The lowest BCUT2D eigenvalue weighted by atomic mass is 10.2. The lowest BCUT2D eigenvalue weighted by molar-refractivity contribution is -0.385. The predicted molar refractivity (Wildman–Crippen MR) is 81.9 cm³/mol. The number of anilines is 1. The van der Waals surface area contributed by atoms with Crippen LogP contribution in [0.15, 0.2) is 54.6 Å². The molecule has 0 saturated carbocycles. The van der Waals surface area contributed by atoms with Gasteiger partial charge in [-0.3, -0.25) is 10.1 Å². The molecule has 6 heteroatoms. The molecule has 0 aromatic heterocycles. The Kier molecular flexibility index (Phi) is 5.96. The summed E-state index contributed by atoms with van der Waals surface area (Å²) in [6, 6.07) is 16.4. The molecule has 0 aliphatic heterocycles. The highest BCUT2D eigenvalue weighted by molar-refractivity contribution is 5.85. The monoisotopic (exact) mass is 293 g/mol. The highest BCUT2D eigenvalue weighted by atomic mass is 35.5. The normalized spacial score (nSPS) is 9.90. The summed E-state index contributed by atoms with van der Waals surface area (Å²) >= 11 is 0. The number of hydrogen-bond donors (Lipinski definition) is 1. The van der Waals surface area contributed by atoms with Crippen molar-refractivity contribution in [3.63, 3.8) is 0 Å². The highest BCUT2D eigenvalue weighted by Crippen LogP contribution is 2.19. The minimum absolute atomic E-state index is 0. The lowest BCUT2D eigenvalue weighted by Crippen LogP contribution is -2.25. The largest absolute Gasteiger partial charge is 0.319 e. The van der Waals surface area contributed by atoms with Crippen LogP contribution in [0.1, 0.15) is 5.56 Å². The first kappa shape index (κ1) is 15.9. The number of benzene rings is 2. The van der Waals surface area contributed by atoms with Crippen LogP contribution in [-0.4, -0.2) is 17.0 Å². The van der Waals surface area contributed by atoms with Crippen LogP contribution in [-0.2, 0) is 6.54 Å². The summed E-state index contributed by atoms with van der Waals surface area (Å²) in [6.45, 7) is 0.450. The van der Waals surface area contributed by atoms with E-state index < -0.39 is 0 Å². The minimum Gasteiger partial charge on any atom is -0.319 e. The zero-order valence-electron chi connectivity index (χ0n) is 11.0. The number of hydrogen-bond acceptors (Lipinski definition) is 4. The average molecular weight is 294 g/mol. The number of para-hydroxylation sites is 2. The third-order valence-electron chi connectivity index (χ3n) is 2.69. The molecular weight excluding hydrogens is 278 g/mol. The molecule has 0 heterocycles. The third kappa shape index (κ3) is 4.22. The number of hydrazine groups is 1. The molecule has 0 amide bonds. The van der Waals surface area contributed by atoms with Crippen LogP contribution in [0.25, 0.3) is 0 Å². The molecule has 20 heavy (non-hydrogen) atoms. The molecule has 0 aliphatic rings. The molecule has 2 rings (SSSR count). The van der Waals surface area contributed by atoms with Crippen LogP contribution in [0.5, 0.6) is 0 Å². The molecule has 106 valence electrons. The van der Waals surface area contributed by atoms with Gasteiger partial charge in [0.2, 0.25) is 0 Å². The van der Waals surface area contributed by atoms with Crippen molar-refractivity contribution in [2.75, 3.05) is 12.5 Å². The molecule has 0 bridgehead atoms. The molecule has 0 atom stereocenters. The molecule has 0 radical (unpaired) electrons. The number of nitrogens with one attached hydrogen (secondary N) is 1. The van der Waals surface area contributed by atoms with Gasteiger partial charge in [0.25, 0.3) is 5.69 Å². The van der Waals surface area contributed by atoms with Gasteiger partial charge in [0.05, 0.1) is 4.92 Å². The Morgan fingerprint density at radius 2 is 1.70 bits per heavy atom. The molecule has 5 nitrogen and oxygen atoms in total. The summed E-state index contributed by atoms with van der Waals surface area (Å²) in [5.74, 6) is 0. The fraction of sp³-hybridized carbons (Fsp3) is 0.143. The Labute approximate surface area is 123 Å². The van der Waals surface area contributed by atoms with Crippen molar-refractivity contribution >= 4 is 23.8 Å². The molecule has 0 unspecified atom stereocenters. The number of halogens is 1. The van der Waals surface area contributed by atoms with E-state index in [1.807, 2.05) is 42.4 Å². The standard InChI is InChI=1S/C14H15N3O2.ClH/c1-16(15-13-8-3-2-4-9-13)11-12-7-5-6-10-14(12)17(18)19;/h2-10,15H,11H2,1H3;1H. The first-order chi connectivity index (χ1) is 9.16. The fourth-order valence-electron chi connectivity index (χ4n) is 1.85. The summed E-state index contributed by atoms with van der Waals surface area (Å²) in [5.41, 5.74) is 4.94. The van der Waals surface area contributed by atoms with Crippen LogP contribution in [0.3, 0.4) is 0 Å². The van der Waals surface area contributed by atoms with Gasteiger partial charge in [-0.2, -0.15) is 0 Å². The van der Waals surface area contributed by atoms with Crippen molar-refractivity contribution in [3.05, 3.63) is 70.3 Å². The van der Waals surface area contributed by atoms with Gasteiger partial charge in [0, 0.05) is 30.9 Å². The van der Waals surface area contributed by atoms with Gasteiger partial charge in [-0.1, -0.05) is 36.4 Å². The zero-order valence-corrected chi connectivity index (χ0v) is 11.8. The Balaban J connectivity index is 0.00000200. The molecule has 1 N–H and O–H groups in total. The maximum Gasteiger partial charge on any atom is 0.273 e. The Morgan fingerprint density at radius 1 is 1.10 bits per heavy atom. The van der Waals surface area contributed by atoms with Gasteiger partial charge in [-0.25, -0.2) is 5.01 Å². The van der Waals surface area contributed by atoms with Crippen LogP contribution in [0, 0.1) is 10.1 Å². The second-order valence-corrected chi connectivity index (χ2v) is 4.22. The highest BCUT2D eigenvalue weighted by Gasteiger charge is 2.13. The van der Waals surface area contributed by atoms with Gasteiger partial charge in [-0.05, 0) is 12.1 Å². The van der Waals surface area contributed by atoms with E-state index in [4.69, 9.17) is 0 Å². The van der Waals surface area contributed by atoms with Crippen molar-refractivity contribution in [1.82, 2.24) is 5.01 Å². The van der Waals surface area contributed by atoms with Crippen LogP contribution >= 0.6 is 12.4 Å². The minimum atomic E-state index is -0.355. The molecule has 0 aliphatic carbocycles. The zero-order chi connectivity index (χ0) is 13.7. The maximum absolute atomic E-state index is 10.9. The first-order valence-corrected chi connectivity index (χ1v) is 5.92.